The van der Waals surface area contributed by atoms with Crippen LogP contribution in [0.5, 0.6) is 0 Å². The summed E-state index contributed by atoms with van der Waals surface area (Å²) in [4.78, 5) is 11.5. The molecule has 1 aromatic rings. The van der Waals surface area contributed by atoms with Gasteiger partial charge in [0.05, 0.1) is 0 Å². The standard InChI is InChI=1S/C11H17N3O/c1-11(2,8-12)14-10(15)13-9-6-4-3-5-7-9/h3-7H,8,12H2,1-2H3,(H2,13,14,15). The number of carbonyl (C=O) groups is 1. The Morgan fingerprint density at radius 1 is 1.33 bits per heavy atom. The third kappa shape index (κ3) is 3.99. The van der Waals surface area contributed by atoms with E-state index in [0.29, 0.717) is 6.54 Å². The van der Waals surface area contributed by atoms with Crippen LogP contribution in [0.3, 0.4) is 0 Å². The van der Waals surface area contributed by atoms with E-state index in [9.17, 15) is 4.79 Å². The van der Waals surface area contributed by atoms with E-state index in [1.54, 1.807) is 0 Å². The monoisotopic (exact) mass is 207 g/mol. The van der Waals surface area contributed by atoms with Crippen molar-refractivity contribution in [3.63, 3.8) is 0 Å². The minimum atomic E-state index is -0.390. The van der Waals surface area contributed by atoms with Crippen LogP contribution in [0.15, 0.2) is 30.3 Å². The summed E-state index contributed by atoms with van der Waals surface area (Å²) < 4.78 is 0. The lowest BCUT2D eigenvalue weighted by molar-refractivity contribution is 0.242. The largest absolute Gasteiger partial charge is 0.332 e. The first kappa shape index (κ1) is 11.5. The van der Waals surface area contributed by atoms with E-state index in [2.05, 4.69) is 10.6 Å². The van der Waals surface area contributed by atoms with Crippen LogP contribution in [-0.2, 0) is 0 Å². The first-order chi connectivity index (χ1) is 7.03. The normalized spacial score (nSPS) is 10.9. The zero-order valence-electron chi connectivity index (χ0n) is 9.08. The molecule has 0 bridgehead atoms. The third-order valence-corrected chi connectivity index (χ3v) is 1.99. The van der Waals surface area contributed by atoms with Gasteiger partial charge in [-0.05, 0) is 26.0 Å². The predicted octanol–water partition coefficient (Wildman–Crippen LogP) is 1.55. The highest BCUT2D eigenvalue weighted by molar-refractivity contribution is 5.89. The average Bonchev–Trinajstić information content (AvgIpc) is 2.18. The molecule has 0 saturated carbocycles. The summed E-state index contributed by atoms with van der Waals surface area (Å²) in [6.45, 7) is 4.14. The molecule has 0 radical (unpaired) electrons. The molecule has 0 unspecified atom stereocenters. The zero-order valence-corrected chi connectivity index (χ0v) is 9.08. The highest BCUT2D eigenvalue weighted by Gasteiger charge is 2.17. The van der Waals surface area contributed by atoms with E-state index in [-0.39, 0.29) is 6.03 Å². The quantitative estimate of drug-likeness (QED) is 0.704. The summed E-state index contributed by atoms with van der Waals surface area (Å²) >= 11 is 0. The predicted molar refractivity (Wildman–Crippen MR) is 61.7 cm³/mol. The first-order valence-electron chi connectivity index (χ1n) is 4.88. The Kier molecular flexibility index (Phi) is 3.68. The van der Waals surface area contributed by atoms with Gasteiger partial charge in [-0.25, -0.2) is 4.79 Å². The summed E-state index contributed by atoms with van der Waals surface area (Å²) in [6, 6.07) is 9.04. The van der Waals surface area contributed by atoms with Gasteiger partial charge in [-0.2, -0.15) is 0 Å². The fourth-order valence-corrected chi connectivity index (χ4v) is 1.04. The molecule has 82 valence electrons. The molecule has 0 atom stereocenters. The Hall–Kier alpha value is -1.55. The van der Waals surface area contributed by atoms with Crippen molar-refractivity contribution in [3.05, 3.63) is 30.3 Å². The second kappa shape index (κ2) is 4.79. The Morgan fingerprint density at radius 3 is 2.47 bits per heavy atom. The number of para-hydroxylation sites is 1. The third-order valence-electron chi connectivity index (χ3n) is 1.99. The molecular weight excluding hydrogens is 190 g/mol. The van der Waals surface area contributed by atoms with Crippen LogP contribution < -0.4 is 16.4 Å². The molecule has 0 saturated heterocycles. The zero-order chi connectivity index (χ0) is 11.3. The van der Waals surface area contributed by atoms with Crippen molar-refractivity contribution in [2.75, 3.05) is 11.9 Å². The van der Waals surface area contributed by atoms with E-state index < -0.39 is 5.54 Å². The number of carbonyl (C=O) groups excluding carboxylic acids is 1. The van der Waals surface area contributed by atoms with Gasteiger partial charge in [-0.15, -0.1) is 0 Å². The van der Waals surface area contributed by atoms with Crippen molar-refractivity contribution in [2.45, 2.75) is 19.4 Å². The van der Waals surface area contributed by atoms with Gasteiger partial charge >= 0.3 is 6.03 Å². The van der Waals surface area contributed by atoms with E-state index in [1.807, 2.05) is 44.2 Å². The number of nitrogens with one attached hydrogen (secondary N) is 2. The second-order valence-electron chi connectivity index (χ2n) is 4.03. The molecule has 4 N–H and O–H groups in total. The molecule has 0 aliphatic heterocycles. The summed E-state index contributed by atoms with van der Waals surface area (Å²) in [5, 5.41) is 5.51. The average molecular weight is 207 g/mol. The van der Waals surface area contributed by atoms with Crippen molar-refractivity contribution in [1.29, 1.82) is 0 Å². The van der Waals surface area contributed by atoms with Crippen molar-refractivity contribution in [2.24, 2.45) is 5.73 Å². The van der Waals surface area contributed by atoms with Gasteiger partial charge in [-0.3, -0.25) is 0 Å². The number of hydrogen-bond donors (Lipinski definition) is 3. The van der Waals surface area contributed by atoms with Crippen LogP contribution in [0.25, 0.3) is 0 Å². The van der Waals surface area contributed by atoms with Crippen LogP contribution in [0.4, 0.5) is 10.5 Å². The fourth-order valence-electron chi connectivity index (χ4n) is 1.04. The van der Waals surface area contributed by atoms with E-state index >= 15 is 0 Å². The van der Waals surface area contributed by atoms with E-state index in [1.165, 1.54) is 0 Å². The molecule has 1 aromatic carbocycles. The van der Waals surface area contributed by atoms with Gasteiger partial charge in [0.2, 0.25) is 0 Å². The number of amides is 2. The van der Waals surface area contributed by atoms with Crippen molar-refractivity contribution in [1.82, 2.24) is 5.32 Å². The van der Waals surface area contributed by atoms with Gasteiger partial charge in [0.25, 0.3) is 0 Å². The summed E-state index contributed by atoms with van der Waals surface area (Å²) in [6.07, 6.45) is 0. The molecule has 4 heteroatoms. The molecule has 0 heterocycles. The highest BCUT2D eigenvalue weighted by Crippen LogP contribution is 2.05. The Labute approximate surface area is 89.9 Å². The van der Waals surface area contributed by atoms with Crippen LogP contribution in [0, 0.1) is 0 Å². The van der Waals surface area contributed by atoms with Crippen molar-refractivity contribution in [3.8, 4) is 0 Å². The molecule has 4 nitrogen and oxygen atoms in total. The number of rotatable bonds is 3. The van der Waals surface area contributed by atoms with Crippen LogP contribution in [-0.4, -0.2) is 18.1 Å². The lowest BCUT2D eigenvalue weighted by Crippen LogP contribution is -2.50. The Bertz CT molecular complexity index is 322. The molecule has 15 heavy (non-hydrogen) atoms. The maximum absolute atomic E-state index is 11.5. The fraction of sp³-hybridized carbons (Fsp3) is 0.364. The van der Waals surface area contributed by atoms with Gasteiger partial charge < -0.3 is 16.4 Å². The van der Waals surface area contributed by atoms with Gasteiger partial charge in [-0.1, -0.05) is 18.2 Å². The summed E-state index contributed by atoms with van der Waals surface area (Å²) in [5.41, 5.74) is 5.88. The molecule has 0 spiro atoms. The molecule has 0 aliphatic carbocycles. The number of benzene rings is 1. The molecule has 2 amide bonds. The second-order valence-corrected chi connectivity index (χ2v) is 4.03. The van der Waals surface area contributed by atoms with Crippen LogP contribution >= 0.6 is 0 Å². The molecule has 0 fully saturated rings. The lowest BCUT2D eigenvalue weighted by Gasteiger charge is -2.24. The smallest absolute Gasteiger partial charge is 0.319 e. The molecular formula is C11H17N3O. The van der Waals surface area contributed by atoms with Gasteiger partial charge in [0, 0.05) is 17.8 Å². The number of anilines is 1. The van der Waals surface area contributed by atoms with Crippen LogP contribution in [0.1, 0.15) is 13.8 Å². The SMILES string of the molecule is CC(C)(CN)NC(=O)Nc1ccccc1. The number of urea groups is 1. The number of nitrogens with two attached hydrogens (primary N) is 1. The van der Waals surface area contributed by atoms with Crippen LogP contribution in [0.2, 0.25) is 0 Å². The highest BCUT2D eigenvalue weighted by atomic mass is 16.2. The minimum Gasteiger partial charge on any atom is -0.332 e. The molecule has 1 rings (SSSR count). The summed E-state index contributed by atoms with van der Waals surface area (Å²) in [7, 11) is 0. The van der Waals surface area contributed by atoms with Crippen molar-refractivity contribution >= 4 is 11.7 Å². The van der Waals surface area contributed by atoms with Crippen molar-refractivity contribution < 1.29 is 4.79 Å². The maximum Gasteiger partial charge on any atom is 0.319 e. The number of hydrogen-bond acceptors (Lipinski definition) is 2. The molecule has 0 aliphatic rings. The van der Waals surface area contributed by atoms with Gasteiger partial charge in [0.1, 0.15) is 0 Å². The molecule has 0 aromatic heterocycles. The topological polar surface area (TPSA) is 67.1 Å². The van der Waals surface area contributed by atoms with Gasteiger partial charge in [0.15, 0.2) is 0 Å². The Morgan fingerprint density at radius 2 is 1.93 bits per heavy atom. The van der Waals surface area contributed by atoms with E-state index in [0.717, 1.165) is 5.69 Å². The first-order valence-corrected chi connectivity index (χ1v) is 4.88. The minimum absolute atomic E-state index is 0.239. The Balaban J connectivity index is 2.51. The maximum atomic E-state index is 11.5. The summed E-state index contributed by atoms with van der Waals surface area (Å²) in [5.74, 6) is 0. The van der Waals surface area contributed by atoms with E-state index in [4.69, 9.17) is 5.73 Å². The lowest BCUT2D eigenvalue weighted by atomic mass is 10.1.